The van der Waals surface area contributed by atoms with Crippen LogP contribution in [0.3, 0.4) is 0 Å². The lowest BCUT2D eigenvalue weighted by atomic mass is 10.1. The van der Waals surface area contributed by atoms with Crippen LogP contribution in [0.25, 0.3) is 16.8 Å². The Kier molecular flexibility index (Phi) is 6.08. The molecule has 1 saturated heterocycles. The highest BCUT2D eigenvalue weighted by Gasteiger charge is 2.20. The number of ether oxygens (including phenoxy) is 1. The first-order valence-electron chi connectivity index (χ1n) is 9.07. The van der Waals surface area contributed by atoms with Gasteiger partial charge in [-0.1, -0.05) is 18.2 Å². The maximum Gasteiger partial charge on any atom is 0.246 e. The van der Waals surface area contributed by atoms with Crippen molar-refractivity contribution in [2.24, 2.45) is 0 Å². The van der Waals surface area contributed by atoms with E-state index < -0.39 is 0 Å². The Balaban J connectivity index is 1.58. The van der Waals surface area contributed by atoms with Gasteiger partial charge < -0.3 is 15.0 Å². The van der Waals surface area contributed by atoms with Crippen molar-refractivity contribution in [1.29, 1.82) is 0 Å². The minimum Gasteiger partial charge on any atom is -0.497 e. The molecule has 0 bridgehead atoms. The summed E-state index contributed by atoms with van der Waals surface area (Å²) in [6, 6.07) is 12.0. The summed E-state index contributed by atoms with van der Waals surface area (Å²) in [7, 11) is 3.29. The van der Waals surface area contributed by atoms with E-state index in [1.807, 2.05) is 41.3 Å². The molecule has 6 heteroatoms. The largest absolute Gasteiger partial charge is 0.497 e. The van der Waals surface area contributed by atoms with Crippen molar-refractivity contribution in [2.75, 3.05) is 46.9 Å². The van der Waals surface area contributed by atoms with Crippen molar-refractivity contribution in [3.05, 3.63) is 48.0 Å². The molecule has 2 aromatic rings. The molecule has 27 heavy (non-hydrogen) atoms. The zero-order valence-corrected chi connectivity index (χ0v) is 15.8. The molecule has 0 spiro atoms. The van der Waals surface area contributed by atoms with E-state index in [9.17, 15) is 9.59 Å². The van der Waals surface area contributed by atoms with Gasteiger partial charge in [0, 0.05) is 39.3 Å². The van der Waals surface area contributed by atoms with Crippen LogP contribution in [0.1, 0.15) is 5.56 Å². The molecule has 1 heterocycles. The summed E-state index contributed by atoms with van der Waals surface area (Å²) in [4.78, 5) is 27.7. The zero-order valence-electron chi connectivity index (χ0n) is 15.8. The summed E-state index contributed by atoms with van der Waals surface area (Å²) in [5.41, 5.74) is 0.985. The Hall–Kier alpha value is -2.86. The summed E-state index contributed by atoms with van der Waals surface area (Å²) < 4.78 is 5.24. The van der Waals surface area contributed by atoms with Crippen LogP contribution < -0.4 is 10.1 Å². The molecule has 6 nitrogen and oxygen atoms in total. The Morgan fingerprint density at radius 2 is 1.78 bits per heavy atom. The fourth-order valence-electron chi connectivity index (χ4n) is 3.15. The molecule has 3 rings (SSSR count). The number of rotatable bonds is 5. The van der Waals surface area contributed by atoms with Crippen molar-refractivity contribution in [3.8, 4) is 5.75 Å². The molecule has 0 saturated carbocycles. The first kappa shape index (κ1) is 18.9. The topological polar surface area (TPSA) is 61.9 Å². The van der Waals surface area contributed by atoms with Crippen LogP contribution in [-0.2, 0) is 9.59 Å². The molecule has 0 aliphatic carbocycles. The second-order valence-electron chi connectivity index (χ2n) is 6.58. The summed E-state index contributed by atoms with van der Waals surface area (Å²) in [6.07, 6.45) is 3.47. The third kappa shape index (κ3) is 4.86. The number of hydrogen-bond donors (Lipinski definition) is 1. The first-order valence-corrected chi connectivity index (χ1v) is 9.07. The normalized spacial score (nSPS) is 15.3. The number of piperazine rings is 1. The molecule has 0 unspecified atom stereocenters. The van der Waals surface area contributed by atoms with E-state index in [0.29, 0.717) is 32.7 Å². The molecular formula is C21H25N3O3. The van der Waals surface area contributed by atoms with Gasteiger partial charge >= 0.3 is 0 Å². The Labute approximate surface area is 159 Å². The van der Waals surface area contributed by atoms with Crippen molar-refractivity contribution < 1.29 is 14.3 Å². The third-order valence-electron chi connectivity index (χ3n) is 4.82. The number of nitrogens with zero attached hydrogens (tertiary/aromatic N) is 2. The van der Waals surface area contributed by atoms with Crippen LogP contribution in [0.2, 0.25) is 0 Å². The van der Waals surface area contributed by atoms with Crippen LogP contribution in [0.5, 0.6) is 5.75 Å². The van der Waals surface area contributed by atoms with Gasteiger partial charge in [0.15, 0.2) is 0 Å². The average molecular weight is 367 g/mol. The Morgan fingerprint density at radius 3 is 2.48 bits per heavy atom. The highest BCUT2D eigenvalue weighted by molar-refractivity contribution is 5.93. The van der Waals surface area contributed by atoms with Gasteiger partial charge in [0.2, 0.25) is 11.8 Å². The lowest BCUT2D eigenvalue weighted by molar-refractivity contribution is -0.128. The van der Waals surface area contributed by atoms with E-state index in [4.69, 9.17) is 4.74 Å². The molecule has 1 aliphatic heterocycles. The lowest BCUT2D eigenvalue weighted by Crippen LogP contribution is -2.50. The fourth-order valence-corrected chi connectivity index (χ4v) is 3.15. The number of nitrogens with one attached hydrogen (secondary N) is 1. The molecular weight excluding hydrogens is 342 g/mol. The van der Waals surface area contributed by atoms with Crippen LogP contribution in [0.4, 0.5) is 0 Å². The maximum atomic E-state index is 12.4. The molecule has 0 radical (unpaired) electrons. The minimum atomic E-state index is 0.00333. The number of amides is 2. The summed E-state index contributed by atoms with van der Waals surface area (Å²) in [5.74, 6) is 0.838. The lowest BCUT2D eigenvalue weighted by Gasteiger charge is -2.33. The molecule has 2 amide bonds. The van der Waals surface area contributed by atoms with Gasteiger partial charge in [0.05, 0.1) is 13.7 Å². The molecule has 2 aromatic carbocycles. The summed E-state index contributed by atoms with van der Waals surface area (Å²) >= 11 is 0. The summed E-state index contributed by atoms with van der Waals surface area (Å²) in [6.45, 7) is 3.08. The predicted molar refractivity (Wildman–Crippen MR) is 107 cm³/mol. The number of carbonyl (C=O) groups is 2. The minimum absolute atomic E-state index is 0.00333. The van der Waals surface area contributed by atoms with Gasteiger partial charge in [-0.05, 0) is 40.6 Å². The number of carbonyl (C=O) groups excluding carboxylic acids is 2. The van der Waals surface area contributed by atoms with Crippen LogP contribution in [0, 0.1) is 0 Å². The van der Waals surface area contributed by atoms with Gasteiger partial charge in [0.1, 0.15) is 5.75 Å². The van der Waals surface area contributed by atoms with Crippen molar-refractivity contribution in [2.45, 2.75) is 0 Å². The number of fused-ring (bicyclic) bond motifs is 1. The first-order chi connectivity index (χ1) is 13.1. The molecule has 0 atom stereocenters. The van der Waals surface area contributed by atoms with E-state index in [0.717, 1.165) is 22.1 Å². The highest BCUT2D eigenvalue weighted by atomic mass is 16.5. The predicted octanol–water partition coefficient (Wildman–Crippen LogP) is 1.75. The van der Waals surface area contributed by atoms with Crippen molar-refractivity contribution >= 4 is 28.7 Å². The van der Waals surface area contributed by atoms with Gasteiger partial charge in [0.25, 0.3) is 0 Å². The second kappa shape index (κ2) is 8.68. The van der Waals surface area contributed by atoms with Gasteiger partial charge in [-0.2, -0.15) is 0 Å². The van der Waals surface area contributed by atoms with E-state index in [-0.39, 0.29) is 11.8 Å². The quantitative estimate of drug-likeness (QED) is 0.818. The van der Waals surface area contributed by atoms with Gasteiger partial charge in [-0.25, -0.2) is 0 Å². The van der Waals surface area contributed by atoms with E-state index >= 15 is 0 Å². The molecule has 1 aliphatic rings. The second-order valence-corrected chi connectivity index (χ2v) is 6.58. The number of hydrogen-bond acceptors (Lipinski definition) is 4. The molecule has 1 fully saturated rings. The number of methoxy groups -OCH3 is 1. The van der Waals surface area contributed by atoms with E-state index in [1.54, 1.807) is 20.2 Å². The van der Waals surface area contributed by atoms with E-state index in [1.165, 1.54) is 0 Å². The SMILES string of the molecule is CNC(=O)CN1CCN(C(=O)/C=C/c2ccc3cc(OC)ccc3c2)CC1. The smallest absolute Gasteiger partial charge is 0.246 e. The van der Waals surface area contributed by atoms with Crippen LogP contribution in [-0.4, -0.2) is 68.5 Å². The molecule has 142 valence electrons. The fraction of sp³-hybridized carbons (Fsp3) is 0.333. The number of likely N-dealkylation sites (N-methyl/N-ethyl adjacent to an activating group) is 1. The molecule has 1 N–H and O–H groups in total. The standard InChI is InChI=1S/C21H25N3O3/c1-22-20(25)15-23-9-11-24(12-10-23)21(26)8-4-16-3-5-18-14-19(27-2)7-6-17(18)13-16/h3-8,13-14H,9-12,15H2,1-2H3,(H,22,25)/b8-4+. The highest BCUT2D eigenvalue weighted by Crippen LogP contribution is 2.22. The van der Waals surface area contributed by atoms with Crippen LogP contribution in [0.15, 0.2) is 42.5 Å². The van der Waals surface area contributed by atoms with Gasteiger partial charge in [-0.15, -0.1) is 0 Å². The Bertz CT molecular complexity index is 855. The average Bonchev–Trinajstić information content (AvgIpc) is 2.71. The summed E-state index contributed by atoms with van der Waals surface area (Å²) in [5, 5.41) is 4.83. The van der Waals surface area contributed by atoms with E-state index in [2.05, 4.69) is 16.3 Å². The maximum absolute atomic E-state index is 12.4. The van der Waals surface area contributed by atoms with Gasteiger partial charge in [-0.3, -0.25) is 14.5 Å². The number of benzene rings is 2. The molecule has 0 aromatic heterocycles. The van der Waals surface area contributed by atoms with Crippen molar-refractivity contribution in [1.82, 2.24) is 15.1 Å². The van der Waals surface area contributed by atoms with Crippen LogP contribution >= 0.6 is 0 Å². The Morgan fingerprint density at radius 1 is 1.07 bits per heavy atom. The van der Waals surface area contributed by atoms with Crippen molar-refractivity contribution in [3.63, 3.8) is 0 Å². The third-order valence-corrected chi connectivity index (χ3v) is 4.82. The zero-order chi connectivity index (χ0) is 19.2. The monoisotopic (exact) mass is 367 g/mol.